The summed E-state index contributed by atoms with van der Waals surface area (Å²) in [6.45, 7) is 13.9. The van der Waals surface area contributed by atoms with Gasteiger partial charge in [-0.05, 0) is 52.9 Å². The van der Waals surface area contributed by atoms with Gasteiger partial charge in [-0.1, -0.05) is 13.3 Å². The summed E-state index contributed by atoms with van der Waals surface area (Å²) in [4.78, 5) is 34.5. The molecule has 0 spiro atoms. The maximum atomic E-state index is 12.4. The van der Waals surface area contributed by atoms with Crippen LogP contribution in [0, 0.1) is 5.92 Å². The second kappa shape index (κ2) is 12.6. The molecule has 0 aliphatic carbocycles. The molecule has 8 nitrogen and oxygen atoms in total. The lowest BCUT2D eigenvalue weighted by Crippen LogP contribution is -2.48. The summed E-state index contributed by atoms with van der Waals surface area (Å²) in [5.41, 5.74) is -0.479. The Kier molecular flexibility index (Phi) is 11.0. The molecule has 30 heavy (non-hydrogen) atoms. The number of unbranched alkanes of at least 4 members (excludes halogenated alkanes) is 1. The van der Waals surface area contributed by atoms with E-state index >= 15 is 0 Å². The Hall–Kier alpha value is -1.99. The first kappa shape index (κ1) is 26.0. The van der Waals surface area contributed by atoms with Crippen LogP contribution in [0.25, 0.3) is 0 Å². The monoisotopic (exact) mass is 425 g/mol. The van der Waals surface area contributed by atoms with Gasteiger partial charge in [0.05, 0.1) is 0 Å². The molecule has 0 atom stereocenters. The Morgan fingerprint density at radius 3 is 2.30 bits per heavy atom. The highest BCUT2D eigenvalue weighted by Gasteiger charge is 2.27. The molecule has 1 aliphatic heterocycles. The average molecular weight is 426 g/mol. The lowest BCUT2D eigenvalue weighted by molar-refractivity contribution is -0.127. The number of hydrogen-bond acceptors (Lipinski definition) is 4. The zero-order valence-electron chi connectivity index (χ0n) is 20.2. The van der Waals surface area contributed by atoms with Crippen LogP contribution in [0.2, 0.25) is 0 Å². The zero-order valence-corrected chi connectivity index (χ0v) is 20.2. The van der Waals surface area contributed by atoms with Gasteiger partial charge < -0.3 is 24.8 Å². The number of guanidine groups is 1. The van der Waals surface area contributed by atoms with E-state index in [1.54, 1.807) is 23.9 Å². The van der Waals surface area contributed by atoms with Crippen molar-refractivity contribution >= 4 is 18.0 Å². The average Bonchev–Trinajstić information content (AvgIpc) is 2.67. The predicted octanol–water partition coefficient (Wildman–Crippen LogP) is 2.79. The van der Waals surface area contributed by atoms with Crippen molar-refractivity contribution in [2.45, 2.75) is 65.9 Å². The van der Waals surface area contributed by atoms with E-state index in [2.05, 4.69) is 22.1 Å². The second-order valence-electron chi connectivity index (χ2n) is 9.16. The van der Waals surface area contributed by atoms with E-state index in [0.717, 1.165) is 51.3 Å². The van der Waals surface area contributed by atoms with Crippen molar-refractivity contribution in [3.63, 3.8) is 0 Å². The van der Waals surface area contributed by atoms with Gasteiger partial charge >= 0.3 is 6.09 Å². The first-order chi connectivity index (χ1) is 14.1. The minimum atomic E-state index is -0.479. The maximum Gasteiger partial charge on any atom is 0.410 e. The zero-order chi connectivity index (χ0) is 22.7. The molecule has 1 aliphatic rings. The number of amides is 2. The normalized spacial score (nSPS) is 15.7. The number of ether oxygens (including phenoxy) is 1. The number of aliphatic imine (C=N–C) groups is 1. The standard InChI is InChI=1S/C22H43N5O3/c1-8-10-13-23-20(24-16-19(28)25(6)7)27-14-11-18(12-15-27)17-26(9-2)21(29)30-22(3,4)5/h18H,8-17H2,1-7H3,(H,23,24). The molecule has 0 aromatic rings. The number of likely N-dealkylation sites (N-methyl/N-ethyl adjacent to an activating group) is 1. The molecular formula is C22H43N5O3. The summed E-state index contributed by atoms with van der Waals surface area (Å²) in [7, 11) is 3.50. The van der Waals surface area contributed by atoms with Gasteiger partial charge in [0.1, 0.15) is 12.1 Å². The van der Waals surface area contributed by atoms with Crippen molar-refractivity contribution in [1.29, 1.82) is 0 Å². The fourth-order valence-corrected chi connectivity index (χ4v) is 3.23. The van der Waals surface area contributed by atoms with Gasteiger partial charge in [0.2, 0.25) is 5.91 Å². The van der Waals surface area contributed by atoms with Crippen LogP contribution in [0.4, 0.5) is 4.79 Å². The highest BCUT2D eigenvalue weighted by molar-refractivity contribution is 5.84. The fourth-order valence-electron chi connectivity index (χ4n) is 3.23. The summed E-state index contributed by atoms with van der Waals surface area (Å²) in [6.07, 6.45) is 3.90. The highest BCUT2D eigenvalue weighted by Crippen LogP contribution is 2.20. The quantitative estimate of drug-likeness (QED) is 0.368. The Morgan fingerprint density at radius 1 is 1.17 bits per heavy atom. The topological polar surface area (TPSA) is 77.5 Å². The first-order valence-electron chi connectivity index (χ1n) is 11.3. The number of carbonyl (C=O) groups is 2. The molecular weight excluding hydrogens is 382 g/mol. The van der Waals surface area contributed by atoms with Gasteiger partial charge in [0.15, 0.2) is 5.96 Å². The third-order valence-electron chi connectivity index (χ3n) is 5.10. The van der Waals surface area contributed by atoms with E-state index < -0.39 is 5.60 Å². The number of nitrogens with zero attached hydrogens (tertiary/aromatic N) is 4. The van der Waals surface area contributed by atoms with E-state index in [-0.39, 0.29) is 18.5 Å². The van der Waals surface area contributed by atoms with Crippen LogP contribution in [0.1, 0.15) is 60.3 Å². The van der Waals surface area contributed by atoms with Gasteiger partial charge in [-0.15, -0.1) is 0 Å². The van der Waals surface area contributed by atoms with E-state index in [1.807, 2.05) is 27.7 Å². The summed E-state index contributed by atoms with van der Waals surface area (Å²) in [6, 6.07) is 0. The van der Waals surface area contributed by atoms with Crippen LogP contribution in [0.15, 0.2) is 4.99 Å². The summed E-state index contributed by atoms with van der Waals surface area (Å²) in [5, 5.41) is 3.42. The largest absolute Gasteiger partial charge is 0.444 e. The molecule has 1 fully saturated rings. The smallest absolute Gasteiger partial charge is 0.410 e. The molecule has 0 aromatic heterocycles. The van der Waals surface area contributed by atoms with Crippen molar-refractivity contribution in [3.8, 4) is 0 Å². The van der Waals surface area contributed by atoms with E-state index in [9.17, 15) is 9.59 Å². The highest BCUT2D eigenvalue weighted by atomic mass is 16.6. The molecule has 1 rings (SSSR count). The number of hydrogen-bond donors (Lipinski definition) is 1. The minimum Gasteiger partial charge on any atom is -0.444 e. The van der Waals surface area contributed by atoms with E-state index in [1.165, 1.54) is 0 Å². The van der Waals surface area contributed by atoms with Crippen molar-refractivity contribution in [2.24, 2.45) is 10.9 Å². The van der Waals surface area contributed by atoms with Crippen molar-refractivity contribution < 1.29 is 14.3 Å². The summed E-state index contributed by atoms with van der Waals surface area (Å²) in [5.74, 6) is 1.25. The molecule has 0 aromatic carbocycles. The Bertz CT molecular complexity index is 564. The number of nitrogens with one attached hydrogen (secondary N) is 1. The predicted molar refractivity (Wildman–Crippen MR) is 122 cm³/mol. The lowest BCUT2D eigenvalue weighted by Gasteiger charge is -2.36. The molecule has 1 N–H and O–H groups in total. The number of likely N-dealkylation sites (tertiary alicyclic amines) is 1. The van der Waals surface area contributed by atoms with Gasteiger partial charge in [-0.25, -0.2) is 9.79 Å². The fraction of sp³-hybridized carbons (Fsp3) is 0.864. The summed E-state index contributed by atoms with van der Waals surface area (Å²) >= 11 is 0. The Balaban J connectivity index is 2.65. The van der Waals surface area contributed by atoms with Crippen LogP contribution < -0.4 is 5.32 Å². The number of carbonyl (C=O) groups excluding carboxylic acids is 2. The van der Waals surface area contributed by atoms with Gasteiger partial charge in [0, 0.05) is 46.8 Å². The van der Waals surface area contributed by atoms with Gasteiger partial charge in [0.25, 0.3) is 0 Å². The van der Waals surface area contributed by atoms with Crippen LogP contribution in [-0.2, 0) is 9.53 Å². The first-order valence-corrected chi connectivity index (χ1v) is 11.3. The molecule has 0 radical (unpaired) electrons. The van der Waals surface area contributed by atoms with Crippen molar-refractivity contribution in [2.75, 3.05) is 53.4 Å². The maximum absolute atomic E-state index is 12.4. The molecule has 1 saturated heterocycles. The Labute approximate surface area is 183 Å². The van der Waals surface area contributed by atoms with Crippen LogP contribution in [0.3, 0.4) is 0 Å². The number of piperidine rings is 1. The van der Waals surface area contributed by atoms with Crippen LogP contribution in [0.5, 0.6) is 0 Å². The third-order valence-corrected chi connectivity index (χ3v) is 5.10. The third kappa shape index (κ3) is 9.67. The molecule has 2 amide bonds. The lowest BCUT2D eigenvalue weighted by atomic mass is 9.96. The molecule has 1 heterocycles. The molecule has 0 unspecified atom stereocenters. The van der Waals surface area contributed by atoms with E-state index in [4.69, 9.17) is 4.74 Å². The SMILES string of the molecule is CCCCNC(=NCC(=O)N(C)C)N1CCC(CN(CC)C(=O)OC(C)(C)C)CC1. The van der Waals surface area contributed by atoms with Crippen LogP contribution in [-0.4, -0.2) is 91.6 Å². The van der Waals surface area contributed by atoms with Crippen molar-refractivity contribution in [1.82, 2.24) is 20.0 Å². The molecule has 174 valence electrons. The molecule has 8 heteroatoms. The van der Waals surface area contributed by atoms with Gasteiger partial charge in [-0.2, -0.15) is 0 Å². The molecule has 0 saturated carbocycles. The summed E-state index contributed by atoms with van der Waals surface area (Å²) < 4.78 is 5.53. The van der Waals surface area contributed by atoms with E-state index in [0.29, 0.717) is 19.0 Å². The minimum absolute atomic E-state index is 0.00405. The molecule has 0 bridgehead atoms. The van der Waals surface area contributed by atoms with Crippen LogP contribution >= 0.6 is 0 Å². The van der Waals surface area contributed by atoms with Gasteiger partial charge in [-0.3, -0.25) is 4.79 Å². The Morgan fingerprint density at radius 2 is 1.80 bits per heavy atom. The second-order valence-corrected chi connectivity index (χ2v) is 9.16. The number of rotatable bonds is 8. The van der Waals surface area contributed by atoms with Crippen molar-refractivity contribution in [3.05, 3.63) is 0 Å².